The van der Waals surface area contributed by atoms with E-state index in [9.17, 15) is 5.26 Å². The molecular weight excluding hydrogens is 234 g/mol. The van der Waals surface area contributed by atoms with E-state index in [4.69, 9.17) is 5.26 Å². The highest BCUT2D eigenvalue weighted by Crippen LogP contribution is 2.41. The average molecular weight is 261 g/mol. The molecule has 0 aromatic carbocycles. The summed E-state index contributed by atoms with van der Waals surface area (Å²) in [6, 6.07) is 5.05. The maximum absolute atomic E-state index is 9.38. The van der Waals surface area contributed by atoms with Gasteiger partial charge in [-0.25, -0.2) is 0 Å². The van der Waals surface area contributed by atoms with Gasteiger partial charge in [-0.15, -0.1) is 0 Å². The van der Waals surface area contributed by atoms with E-state index in [2.05, 4.69) is 44.7 Å². The van der Waals surface area contributed by atoms with E-state index in [-0.39, 0.29) is 5.92 Å². The van der Waals surface area contributed by atoms with Gasteiger partial charge in [0.15, 0.2) is 0 Å². The average Bonchev–Trinajstić information content (AvgIpc) is 2.38. The van der Waals surface area contributed by atoms with E-state index in [1.807, 2.05) is 0 Å². The molecule has 0 aromatic heterocycles. The molecule has 0 amide bonds. The van der Waals surface area contributed by atoms with Crippen molar-refractivity contribution in [1.29, 1.82) is 10.5 Å². The van der Waals surface area contributed by atoms with Crippen LogP contribution < -0.4 is 0 Å². The minimum Gasteiger partial charge on any atom is -0.298 e. The first-order chi connectivity index (χ1) is 8.93. The van der Waals surface area contributed by atoms with Gasteiger partial charge >= 0.3 is 0 Å². The molecule has 106 valence electrons. The molecule has 1 aliphatic carbocycles. The first-order valence-corrected chi connectivity index (χ1v) is 7.44. The highest BCUT2D eigenvalue weighted by atomic mass is 15.2. The Labute approximate surface area is 118 Å². The standard InChI is InChI=1S/C16H27N3/c1-5-19(10-6-9-17)15-11-14(16(2,3)4)8-7-13(15)12-18/h13-15H,5-8,10-11H2,1-4H3. The van der Waals surface area contributed by atoms with Gasteiger partial charge in [-0.05, 0) is 37.1 Å². The maximum Gasteiger partial charge on any atom is 0.0672 e. The zero-order valence-electron chi connectivity index (χ0n) is 12.8. The first kappa shape index (κ1) is 16.0. The second kappa shape index (κ2) is 6.92. The quantitative estimate of drug-likeness (QED) is 0.777. The summed E-state index contributed by atoms with van der Waals surface area (Å²) in [4.78, 5) is 2.34. The van der Waals surface area contributed by atoms with E-state index in [0.29, 0.717) is 23.8 Å². The lowest BCUT2D eigenvalue weighted by atomic mass is 9.68. The number of hydrogen-bond donors (Lipinski definition) is 0. The molecule has 0 heterocycles. The van der Waals surface area contributed by atoms with E-state index >= 15 is 0 Å². The summed E-state index contributed by atoms with van der Waals surface area (Å²) < 4.78 is 0. The lowest BCUT2D eigenvalue weighted by Crippen LogP contribution is -2.46. The number of nitrogens with zero attached hydrogens (tertiary/aromatic N) is 3. The molecule has 3 nitrogen and oxygen atoms in total. The molecule has 3 atom stereocenters. The van der Waals surface area contributed by atoms with Crippen LogP contribution in [0.1, 0.15) is 53.4 Å². The Morgan fingerprint density at radius 3 is 2.37 bits per heavy atom. The summed E-state index contributed by atoms with van der Waals surface area (Å²) in [6.45, 7) is 10.8. The molecule has 0 radical (unpaired) electrons. The minimum absolute atomic E-state index is 0.136. The highest BCUT2D eigenvalue weighted by Gasteiger charge is 2.38. The van der Waals surface area contributed by atoms with Gasteiger partial charge in [-0.2, -0.15) is 10.5 Å². The van der Waals surface area contributed by atoms with Crippen LogP contribution in [0.15, 0.2) is 0 Å². The van der Waals surface area contributed by atoms with Crippen LogP contribution in [0, 0.1) is 39.9 Å². The molecule has 0 saturated heterocycles. The van der Waals surface area contributed by atoms with Gasteiger partial charge < -0.3 is 0 Å². The lowest BCUT2D eigenvalue weighted by Gasteiger charge is -2.44. The molecular formula is C16H27N3. The monoisotopic (exact) mass is 261 g/mol. The molecule has 1 aliphatic rings. The smallest absolute Gasteiger partial charge is 0.0672 e. The normalized spacial score (nSPS) is 27.8. The third-order valence-electron chi connectivity index (χ3n) is 4.59. The summed E-state index contributed by atoms with van der Waals surface area (Å²) in [5.41, 5.74) is 0.313. The fraction of sp³-hybridized carbons (Fsp3) is 0.875. The van der Waals surface area contributed by atoms with Gasteiger partial charge in [0.2, 0.25) is 0 Å². The Bertz CT molecular complexity index is 356. The molecule has 0 N–H and O–H groups in total. The largest absolute Gasteiger partial charge is 0.298 e. The van der Waals surface area contributed by atoms with Gasteiger partial charge in [-0.1, -0.05) is 27.7 Å². The zero-order valence-corrected chi connectivity index (χ0v) is 12.8. The van der Waals surface area contributed by atoms with Crippen LogP contribution in [0.4, 0.5) is 0 Å². The molecule has 0 aromatic rings. The molecule has 0 bridgehead atoms. The summed E-state index contributed by atoms with van der Waals surface area (Å²) in [7, 11) is 0. The minimum atomic E-state index is 0.136. The Balaban J connectivity index is 2.79. The predicted molar refractivity (Wildman–Crippen MR) is 77.2 cm³/mol. The van der Waals surface area contributed by atoms with Crippen molar-refractivity contribution >= 4 is 0 Å². The lowest BCUT2D eigenvalue weighted by molar-refractivity contribution is 0.0644. The van der Waals surface area contributed by atoms with E-state index < -0.39 is 0 Å². The van der Waals surface area contributed by atoms with Gasteiger partial charge in [0.05, 0.1) is 18.1 Å². The molecule has 1 rings (SSSR count). The first-order valence-electron chi connectivity index (χ1n) is 7.44. The Morgan fingerprint density at radius 1 is 1.21 bits per heavy atom. The SMILES string of the molecule is CCN(CCC#N)C1CC(C(C)(C)C)CCC1C#N. The third kappa shape index (κ3) is 4.22. The van der Waals surface area contributed by atoms with Crippen molar-refractivity contribution in [1.82, 2.24) is 4.90 Å². The van der Waals surface area contributed by atoms with Crippen molar-refractivity contribution in [3.05, 3.63) is 0 Å². The summed E-state index contributed by atoms with van der Waals surface area (Å²) in [5.74, 6) is 0.815. The fourth-order valence-electron chi connectivity index (χ4n) is 3.24. The maximum atomic E-state index is 9.38. The van der Waals surface area contributed by atoms with Gasteiger partial charge in [0.1, 0.15) is 0 Å². The predicted octanol–water partition coefficient (Wildman–Crippen LogP) is 3.58. The van der Waals surface area contributed by atoms with Crippen LogP contribution in [0.3, 0.4) is 0 Å². The second-order valence-corrected chi connectivity index (χ2v) is 6.72. The summed E-state index contributed by atoms with van der Waals surface area (Å²) >= 11 is 0. The number of nitriles is 2. The van der Waals surface area contributed by atoms with Crippen molar-refractivity contribution in [2.45, 2.75) is 59.4 Å². The highest BCUT2D eigenvalue weighted by molar-refractivity contribution is 4.99. The summed E-state index contributed by atoms with van der Waals surface area (Å²) in [5, 5.41) is 18.2. The van der Waals surface area contributed by atoms with Crippen LogP contribution in [-0.2, 0) is 0 Å². The third-order valence-corrected chi connectivity index (χ3v) is 4.59. The van der Waals surface area contributed by atoms with Crippen molar-refractivity contribution < 1.29 is 0 Å². The molecule has 0 aliphatic heterocycles. The molecule has 3 unspecified atom stereocenters. The van der Waals surface area contributed by atoms with Crippen molar-refractivity contribution in [2.75, 3.05) is 13.1 Å². The van der Waals surface area contributed by atoms with Crippen LogP contribution in [0.25, 0.3) is 0 Å². The Kier molecular flexibility index (Phi) is 5.83. The molecule has 0 spiro atoms. The zero-order chi connectivity index (χ0) is 14.5. The molecule has 19 heavy (non-hydrogen) atoms. The van der Waals surface area contributed by atoms with Crippen molar-refractivity contribution in [3.63, 3.8) is 0 Å². The second-order valence-electron chi connectivity index (χ2n) is 6.72. The molecule has 1 fully saturated rings. The van der Waals surface area contributed by atoms with Crippen LogP contribution in [-0.4, -0.2) is 24.0 Å². The van der Waals surface area contributed by atoms with E-state index in [0.717, 1.165) is 32.4 Å². The summed E-state index contributed by atoms with van der Waals surface area (Å²) in [6.07, 6.45) is 3.82. The van der Waals surface area contributed by atoms with E-state index in [1.165, 1.54) is 0 Å². The topological polar surface area (TPSA) is 50.8 Å². The Morgan fingerprint density at radius 2 is 1.89 bits per heavy atom. The van der Waals surface area contributed by atoms with Gasteiger partial charge in [0, 0.05) is 19.0 Å². The van der Waals surface area contributed by atoms with Crippen LogP contribution >= 0.6 is 0 Å². The van der Waals surface area contributed by atoms with E-state index in [1.54, 1.807) is 0 Å². The number of rotatable bonds is 4. The van der Waals surface area contributed by atoms with Crippen LogP contribution in [0.5, 0.6) is 0 Å². The van der Waals surface area contributed by atoms with Crippen molar-refractivity contribution in [3.8, 4) is 12.1 Å². The Hall–Kier alpha value is -1.06. The van der Waals surface area contributed by atoms with Gasteiger partial charge in [-0.3, -0.25) is 4.90 Å². The van der Waals surface area contributed by atoms with Gasteiger partial charge in [0.25, 0.3) is 0 Å². The van der Waals surface area contributed by atoms with Crippen LogP contribution in [0.2, 0.25) is 0 Å². The fourth-order valence-corrected chi connectivity index (χ4v) is 3.24. The molecule has 3 heteroatoms. The van der Waals surface area contributed by atoms with Crippen molar-refractivity contribution in [2.24, 2.45) is 17.3 Å². The number of hydrogen-bond acceptors (Lipinski definition) is 3. The molecule has 1 saturated carbocycles.